The quantitative estimate of drug-likeness (QED) is 0.854. The third kappa shape index (κ3) is 2.88. The highest BCUT2D eigenvalue weighted by molar-refractivity contribution is 6.30. The van der Waals surface area contributed by atoms with Gasteiger partial charge in [0.05, 0.1) is 24.9 Å². The maximum Gasteiger partial charge on any atom is 0.257 e. The molecule has 0 unspecified atom stereocenters. The van der Waals surface area contributed by atoms with Gasteiger partial charge in [0.2, 0.25) is 0 Å². The highest BCUT2D eigenvalue weighted by atomic mass is 35.5. The van der Waals surface area contributed by atoms with E-state index in [-0.39, 0.29) is 5.91 Å². The normalized spacial score (nSPS) is 14.0. The van der Waals surface area contributed by atoms with Gasteiger partial charge in [-0.05, 0) is 18.2 Å². The lowest BCUT2D eigenvalue weighted by molar-refractivity contribution is 0.0727. The van der Waals surface area contributed by atoms with Crippen LogP contribution in [0.1, 0.15) is 47.3 Å². The van der Waals surface area contributed by atoms with Crippen molar-refractivity contribution in [1.29, 1.82) is 0 Å². The lowest BCUT2D eigenvalue weighted by atomic mass is 10.1. The third-order valence-electron chi connectivity index (χ3n) is 4.49. The SMILES string of the molecule is COc1cc(Cl)ccc1C(=O)N1CCc2c(nc(C(C)C)n2C)C1. The van der Waals surface area contributed by atoms with Crippen LogP contribution in [0.15, 0.2) is 18.2 Å². The van der Waals surface area contributed by atoms with Crippen LogP contribution in [0, 0.1) is 0 Å². The first-order valence-electron chi connectivity index (χ1n) is 8.09. The number of hydrogen-bond acceptors (Lipinski definition) is 3. The maximum absolute atomic E-state index is 12.9. The second kappa shape index (κ2) is 6.48. The Morgan fingerprint density at radius 1 is 1.38 bits per heavy atom. The average molecular weight is 348 g/mol. The summed E-state index contributed by atoms with van der Waals surface area (Å²) in [5.74, 6) is 1.88. The van der Waals surface area contributed by atoms with E-state index in [1.165, 1.54) is 5.69 Å². The molecule has 1 aromatic heterocycles. The summed E-state index contributed by atoms with van der Waals surface area (Å²) in [6.07, 6.45) is 0.813. The fourth-order valence-electron chi connectivity index (χ4n) is 3.25. The predicted octanol–water partition coefficient (Wildman–Crippen LogP) is 3.40. The van der Waals surface area contributed by atoms with E-state index in [4.69, 9.17) is 21.3 Å². The summed E-state index contributed by atoms with van der Waals surface area (Å²) in [6, 6.07) is 5.10. The molecule has 2 heterocycles. The number of nitrogens with zero attached hydrogens (tertiary/aromatic N) is 3. The number of aromatic nitrogens is 2. The Hall–Kier alpha value is -2.01. The number of benzene rings is 1. The van der Waals surface area contributed by atoms with Crippen LogP contribution < -0.4 is 4.74 Å². The molecular weight excluding hydrogens is 326 g/mol. The van der Waals surface area contributed by atoms with Gasteiger partial charge in [0.1, 0.15) is 11.6 Å². The van der Waals surface area contributed by atoms with Crippen molar-refractivity contribution in [3.05, 3.63) is 46.0 Å². The number of methoxy groups -OCH3 is 1. The summed E-state index contributed by atoms with van der Waals surface area (Å²) in [6.45, 7) is 5.47. The van der Waals surface area contributed by atoms with Gasteiger partial charge in [0.15, 0.2) is 0 Å². The number of hydrogen-bond donors (Lipinski definition) is 0. The van der Waals surface area contributed by atoms with Crippen LogP contribution in [0.2, 0.25) is 5.02 Å². The summed E-state index contributed by atoms with van der Waals surface area (Å²) < 4.78 is 7.48. The van der Waals surface area contributed by atoms with Crippen LogP contribution >= 0.6 is 11.6 Å². The van der Waals surface area contributed by atoms with E-state index in [0.29, 0.717) is 35.3 Å². The van der Waals surface area contributed by atoms with Crippen molar-refractivity contribution in [3.8, 4) is 5.75 Å². The molecular formula is C18H22ClN3O2. The minimum Gasteiger partial charge on any atom is -0.496 e. The molecule has 1 aliphatic heterocycles. The number of carbonyl (C=O) groups is 1. The van der Waals surface area contributed by atoms with Gasteiger partial charge in [0, 0.05) is 36.6 Å². The van der Waals surface area contributed by atoms with E-state index in [9.17, 15) is 4.79 Å². The zero-order chi connectivity index (χ0) is 17.4. The number of ether oxygens (including phenoxy) is 1. The number of rotatable bonds is 3. The first-order chi connectivity index (χ1) is 11.4. The Morgan fingerprint density at radius 3 is 2.79 bits per heavy atom. The van der Waals surface area contributed by atoms with E-state index >= 15 is 0 Å². The Bertz CT molecular complexity index is 783. The van der Waals surface area contributed by atoms with Gasteiger partial charge < -0.3 is 14.2 Å². The Kier molecular flexibility index (Phi) is 4.54. The molecule has 0 bridgehead atoms. The second-order valence-corrected chi connectivity index (χ2v) is 6.83. The molecule has 128 valence electrons. The molecule has 0 atom stereocenters. The molecule has 5 nitrogen and oxygen atoms in total. The molecule has 0 N–H and O–H groups in total. The van der Waals surface area contributed by atoms with E-state index in [0.717, 1.165) is 17.9 Å². The topological polar surface area (TPSA) is 47.4 Å². The molecule has 0 saturated carbocycles. The van der Waals surface area contributed by atoms with Crippen LogP contribution in [-0.4, -0.2) is 34.0 Å². The third-order valence-corrected chi connectivity index (χ3v) is 4.72. The van der Waals surface area contributed by atoms with Gasteiger partial charge in [0.25, 0.3) is 5.91 Å². The maximum atomic E-state index is 12.9. The van der Waals surface area contributed by atoms with E-state index < -0.39 is 0 Å². The van der Waals surface area contributed by atoms with Crippen molar-refractivity contribution >= 4 is 17.5 Å². The van der Waals surface area contributed by atoms with Gasteiger partial charge in [-0.2, -0.15) is 0 Å². The Labute approximate surface area is 147 Å². The number of amides is 1. The lowest BCUT2D eigenvalue weighted by Crippen LogP contribution is -2.36. The lowest BCUT2D eigenvalue weighted by Gasteiger charge is -2.27. The monoisotopic (exact) mass is 347 g/mol. The minimum atomic E-state index is -0.0501. The highest BCUT2D eigenvalue weighted by Crippen LogP contribution is 2.28. The molecule has 0 saturated heterocycles. The van der Waals surface area contributed by atoms with Gasteiger partial charge in [-0.1, -0.05) is 25.4 Å². The molecule has 0 spiro atoms. The number of imidazole rings is 1. The van der Waals surface area contributed by atoms with E-state index in [1.54, 1.807) is 25.3 Å². The van der Waals surface area contributed by atoms with Gasteiger partial charge in [-0.3, -0.25) is 4.79 Å². The van der Waals surface area contributed by atoms with Crippen molar-refractivity contribution in [2.24, 2.45) is 7.05 Å². The Balaban J connectivity index is 1.88. The highest BCUT2D eigenvalue weighted by Gasteiger charge is 2.28. The van der Waals surface area contributed by atoms with Crippen LogP contribution in [0.3, 0.4) is 0 Å². The minimum absolute atomic E-state index is 0.0501. The van der Waals surface area contributed by atoms with Gasteiger partial charge in [-0.25, -0.2) is 4.98 Å². The largest absolute Gasteiger partial charge is 0.496 e. The van der Waals surface area contributed by atoms with Crippen molar-refractivity contribution in [2.75, 3.05) is 13.7 Å². The molecule has 1 amide bonds. The van der Waals surface area contributed by atoms with Crippen LogP contribution in [0.4, 0.5) is 0 Å². The number of fused-ring (bicyclic) bond motifs is 1. The smallest absolute Gasteiger partial charge is 0.257 e. The molecule has 0 radical (unpaired) electrons. The molecule has 0 fully saturated rings. The number of halogens is 1. The first-order valence-corrected chi connectivity index (χ1v) is 8.47. The van der Waals surface area contributed by atoms with Crippen molar-refractivity contribution in [3.63, 3.8) is 0 Å². The number of carbonyl (C=O) groups excluding carboxylic acids is 1. The van der Waals surface area contributed by atoms with E-state index in [2.05, 4.69) is 25.5 Å². The summed E-state index contributed by atoms with van der Waals surface area (Å²) >= 11 is 5.99. The molecule has 1 aliphatic rings. The summed E-state index contributed by atoms with van der Waals surface area (Å²) in [7, 11) is 3.60. The summed E-state index contributed by atoms with van der Waals surface area (Å²) in [5.41, 5.74) is 2.75. The summed E-state index contributed by atoms with van der Waals surface area (Å²) in [5, 5.41) is 0.552. The van der Waals surface area contributed by atoms with Gasteiger partial charge in [-0.15, -0.1) is 0 Å². The van der Waals surface area contributed by atoms with Gasteiger partial charge >= 0.3 is 0 Å². The molecule has 2 aromatic rings. The predicted molar refractivity (Wildman–Crippen MR) is 93.7 cm³/mol. The van der Waals surface area contributed by atoms with Crippen molar-refractivity contribution < 1.29 is 9.53 Å². The average Bonchev–Trinajstić information content (AvgIpc) is 2.90. The molecule has 24 heavy (non-hydrogen) atoms. The summed E-state index contributed by atoms with van der Waals surface area (Å²) in [4.78, 5) is 19.5. The molecule has 3 rings (SSSR count). The second-order valence-electron chi connectivity index (χ2n) is 6.40. The fourth-order valence-corrected chi connectivity index (χ4v) is 3.41. The zero-order valence-electron chi connectivity index (χ0n) is 14.5. The zero-order valence-corrected chi connectivity index (χ0v) is 15.2. The standard InChI is InChI=1S/C18H22ClN3O2/c1-11(2)17-20-14-10-22(8-7-15(14)21(17)3)18(23)13-6-5-12(19)9-16(13)24-4/h5-6,9,11H,7-8,10H2,1-4H3. The van der Waals surface area contributed by atoms with Crippen LogP contribution in [-0.2, 0) is 20.0 Å². The van der Waals surface area contributed by atoms with E-state index in [1.807, 2.05) is 4.90 Å². The first kappa shape index (κ1) is 16.8. The van der Waals surface area contributed by atoms with Crippen LogP contribution in [0.25, 0.3) is 0 Å². The molecule has 1 aromatic carbocycles. The fraction of sp³-hybridized carbons (Fsp3) is 0.444. The van der Waals surface area contributed by atoms with Crippen molar-refractivity contribution in [2.45, 2.75) is 32.7 Å². The van der Waals surface area contributed by atoms with Crippen LogP contribution in [0.5, 0.6) is 5.75 Å². The Morgan fingerprint density at radius 2 is 2.12 bits per heavy atom. The molecule has 6 heteroatoms. The van der Waals surface area contributed by atoms with Crippen molar-refractivity contribution in [1.82, 2.24) is 14.5 Å². The molecule has 0 aliphatic carbocycles.